The highest BCUT2D eigenvalue weighted by molar-refractivity contribution is 14.1. The van der Waals surface area contributed by atoms with Gasteiger partial charge in [0.25, 0.3) is 0 Å². The summed E-state index contributed by atoms with van der Waals surface area (Å²) in [5, 5.41) is 8.75. The number of carboxylic acid groups (broad SMARTS) is 1. The summed E-state index contributed by atoms with van der Waals surface area (Å²) in [5.74, 6) is -1.26. The van der Waals surface area contributed by atoms with Crippen molar-refractivity contribution in [1.29, 1.82) is 0 Å². The normalized spacial score (nSPS) is 13.1. The van der Waals surface area contributed by atoms with Crippen LogP contribution in [-0.4, -0.2) is 59.2 Å². The van der Waals surface area contributed by atoms with Gasteiger partial charge in [-0.15, -0.1) is 0 Å². The summed E-state index contributed by atoms with van der Waals surface area (Å²) in [7, 11) is 1.49. The van der Waals surface area contributed by atoms with Crippen molar-refractivity contribution in [2.45, 2.75) is 18.4 Å². The molecule has 7 nitrogen and oxygen atoms in total. The Bertz CT molecular complexity index is 923. The van der Waals surface area contributed by atoms with Crippen molar-refractivity contribution < 1.29 is 27.3 Å². The van der Waals surface area contributed by atoms with E-state index < -0.39 is 24.1 Å². The fourth-order valence-electron chi connectivity index (χ4n) is 3.70. The van der Waals surface area contributed by atoms with Crippen molar-refractivity contribution >= 4 is 52.8 Å². The maximum atomic E-state index is 12.7. The Morgan fingerprint density at radius 1 is 1.10 bits per heavy atom. The van der Waals surface area contributed by atoms with Crippen molar-refractivity contribution in [2.75, 3.05) is 25.2 Å². The Labute approximate surface area is 198 Å². The third-order valence-corrected chi connectivity index (χ3v) is 6.61. The van der Waals surface area contributed by atoms with E-state index in [1.807, 2.05) is 36.4 Å². The summed E-state index contributed by atoms with van der Waals surface area (Å²) in [6.07, 6.45) is -0.364. The molecular formula is C22H22INO6S. The third-order valence-electron chi connectivity index (χ3n) is 5.20. The molecule has 3 rings (SSSR count). The molecule has 0 radical (unpaired) electrons. The molecule has 0 aliphatic heterocycles. The van der Waals surface area contributed by atoms with E-state index in [1.54, 1.807) is 0 Å². The number of amides is 1. The van der Waals surface area contributed by atoms with Gasteiger partial charge >= 0.3 is 18.0 Å². The summed E-state index contributed by atoms with van der Waals surface area (Å²) < 4.78 is 10.4. The fourth-order valence-corrected chi connectivity index (χ4v) is 4.70. The topological polar surface area (TPSA) is 93.1 Å². The molecule has 0 unspecified atom stereocenters. The number of carbonyl (C=O) groups is 3. The molecule has 0 spiro atoms. The number of benzene rings is 2. The number of thioether (sulfide) groups is 1. The number of carboxylic acids is 1. The van der Waals surface area contributed by atoms with E-state index in [-0.39, 0.29) is 24.7 Å². The lowest BCUT2D eigenvalue weighted by atomic mass is 9.98. The van der Waals surface area contributed by atoms with Crippen molar-refractivity contribution in [2.24, 2.45) is 0 Å². The number of fused-ring (bicyclic) bond motifs is 3. The molecule has 1 amide bonds. The lowest BCUT2D eigenvalue weighted by Crippen LogP contribution is -2.43. The maximum absolute atomic E-state index is 12.7. The van der Waals surface area contributed by atoms with Gasteiger partial charge in [-0.2, -0.15) is 11.8 Å². The van der Waals surface area contributed by atoms with E-state index in [0.717, 1.165) is 22.3 Å². The number of nitrogens with zero attached hydrogens (tertiary/aromatic N) is 1. The standard InChI is InChI=1S/C22H22INO6S/c1-24(19(21(27)30-23)10-11-31-13-20(25)26)22(28)29-12-18-16-8-4-2-6-14(16)15-7-3-5-9-17(15)18/h2-9,18-19H,10-13H2,1H3,(H,25,26)/t19-/m0/s1. The van der Waals surface area contributed by atoms with Gasteiger partial charge < -0.3 is 12.9 Å². The maximum Gasteiger partial charge on any atom is 0.410 e. The monoisotopic (exact) mass is 555 g/mol. The van der Waals surface area contributed by atoms with Gasteiger partial charge in [-0.1, -0.05) is 48.5 Å². The van der Waals surface area contributed by atoms with Crippen LogP contribution >= 0.6 is 34.8 Å². The smallest absolute Gasteiger partial charge is 0.410 e. The predicted molar refractivity (Wildman–Crippen MR) is 126 cm³/mol. The number of halogens is 1. The highest BCUT2D eigenvalue weighted by atomic mass is 127. The molecule has 0 bridgehead atoms. The second-order valence-electron chi connectivity index (χ2n) is 7.06. The van der Waals surface area contributed by atoms with E-state index in [1.165, 1.54) is 46.7 Å². The van der Waals surface area contributed by atoms with Gasteiger partial charge in [-0.3, -0.25) is 9.69 Å². The first-order chi connectivity index (χ1) is 14.9. The van der Waals surface area contributed by atoms with Crippen LogP contribution in [0.4, 0.5) is 4.79 Å². The lowest BCUT2D eigenvalue weighted by Gasteiger charge is -2.25. The second kappa shape index (κ2) is 10.9. The van der Waals surface area contributed by atoms with E-state index in [2.05, 4.69) is 12.1 Å². The Morgan fingerprint density at radius 3 is 2.23 bits per heavy atom. The van der Waals surface area contributed by atoms with Crippen molar-refractivity contribution in [3.63, 3.8) is 0 Å². The van der Waals surface area contributed by atoms with E-state index in [0.29, 0.717) is 5.75 Å². The first-order valence-corrected chi connectivity index (χ1v) is 11.7. The van der Waals surface area contributed by atoms with Gasteiger partial charge in [0, 0.05) is 13.0 Å². The highest BCUT2D eigenvalue weighted by Gasteiger charge is 2.32. The minimum absolute atomic E-state index is 0.0688. The van der Waals surface area contributed by atoms with Crippen LogP contribution in [0.1, 0.15) is 23.5 Å². The molecule has 0 aromatic heterocycles. The summed E-state index contributed by atoms with van der Waals surface area (Å²) in [5.41, 5.74) is 4.48. The largest absolute Gasteiger partial charge is 0.481 e. The molecular weight excluding hydrogens is 533 g/mol. The lowest BCUT2D eigenvalue weighted by molar-refractivity contribution is -0.136. The van der Waals surface area contributed by atoms with Crippen LogP contribution in [0.3, 0.4) is 0 Å². The summed E-state index contributed by atoms with van der Waals surface area (Å²) >= 11 is 2.66. The summed E-state index contributed by atoms with van der Waals surface area (Å²) in [6, 6.07) is 15.2. The predicted octanol–water partition coefficient (Wildman–Crippen LogP) is 4.34. The summed E-state index contributed by atoms with van der Waals surface area (Å²) in [6.45, 7) is 0.150. The fraction of sp³-hybridized carbons (Fsp3) is 0.318. The molecule has 164 valence electrons. The molecule has 0 saturated heterocycles. The molecule has 0 heterocycles. The number of ether oxygens (including phenoxy) is 1. The van der Waals surface area contributed by atoms with Gasteiger partial charge in [0.15, 0.2) is 23.0 Å². The van der Waals surface area contributed by atoms with E-state index in [9.17, 15) is 14.4 Å². The SMILES string of the molecule is CN(C(=O)OCC1c2ccccc2-c2ccccc21)[C@@H](CCSCC(=O)O)C(=O)OI. The molecule has 1 aliphatic carbocycles. The number of carbonyl (C=O) groups excluding carboxylic acids is 2. The van der Waals surface area contributed by atoms with Crippen molar-refractivity contribution in [3.8, 4) is 11.1 Å². The van der Waals surface area contributed by atoms with Crippen LogP contribution in [0, 0.1) is 0 Å². The van der Waals surface area contributed by atoms with Gasteiger partial charge in [-0.05, 0) is 34.4 Å². The molecule has 1 N–H and O–H groups in total. The van der Waals surface area contributed by atoms with E-state index >= 15 is 0 Å². The summed E-state index contributed by atoms with van der Waals surface area (Å²) in [4.78, 5) is 36.8. The van der Waals surface area contributed by atoms with Crippen LogP contribution in [0.15, 0.2) is 48.5 Å². The molecule has 9 heteroatoms. The number of likely N-dealkylation sites (N-methyl/N-ethyl adjacent to an activating group) is 1. The highest BCUT2D eigenvalue weighted by Crippen LogP contribution is 2.44. The Balaban J connectivity index is 1.66. The van der Waals surface area contributed by atoms with Crippen LogP contribution in [0.5, 0.6) is 0 Å². The average Bonchev–Trinajstić information content (AvgIpc) is 3.10. The molecule has 2 aromatic rings. The minimum Gasteiger partial charge on any atom is -0.481 e. The molecule has 2 aromatic carbocycles. The first kappa shape index (κ1) is 23.4. The number of rotatable bonds is 9. The molecule has 1 aliphatic rings. The number of hydrogen-bond acceptors (Lipinski definition) is 6. The van der Waals surface area contributed by atoms with E-state index in [4.69, 9.17) is 12.9 Å². The average molecular weight is 555 g/mol. The molecule has 0 fully saturated rings. The molecule has 1 atom stereocenters. The minimum atomic E-state index is -0.928. The van der Waals surface area contributed by atoms with Gasteiger partial charge in [0.2, 0.25) is 0 Å². The van der Waals surface area contributed by atoms with Crippen LogP contribution in [0.25, 0.3) is 11.1 Å². The van der Waals surface area contributed by atoms with Crippen molar-refractivity contribution in [3.05, 3.63) is 59.7 Å². The Hall–Kier alpha value is -2.27. The van der Waals surface area contributed by atoms with Gasteiger partial charge in [0.05, 0.1) is 5.75 Å². The van der Waals surface area contributed by atoms with Crippen LogP contribution in [-0.2, 0) is 17.4 Å². The van der Waals surface area contributed by atoms with Gasteiger partial charge in [0.1, 0.15) is 12.6 Å². The molecule has 31 heavy (non-hydrogen) atoms. The van der Waals surface area contributed by atoms with Crippen molar-refractivity contribution in [1.82, 2.24) is 4.90 Å². The first-order valence-electron chi connectivity index (χ1n) is 9.63. The number of hydrogen-bond donors (Lipinski definition) is 1. The quantitative estimate of drug-likeness (QED) is 0.364. The third kappa shape index (κ3) is 5.51. The zero-order valence-corrected chi connectivity index (χ0v) is 19.8. The van der Waals surface area contributed by atoms with Crippen LogP contribution < -0.4 is 0 Å². The van der Waals surface area contributed by atoms with Gasteiger partial charge in [-0.25, -0.2) is 9.59 Å². The van der Waals surface area contributed by atoms with Crippen LogP contribution in [0.2, 0.25) is 0 Å². The Morgan fingerprint density at radius 2 is 1.68 bits per heavy atom. The second-order valence-corrected chi connectivity index (χ2v) is 8.61. The zero-order chi connectivity index (χ0) is 22.4. The number of aliphatic carboxylic acids is 1. The zero-order valence-electron chi connectivity index (χ0n) is 16.8. The molecule has 0 saturated carbocycles. The Kier molecular flexibility index (Phi) is 8.19.